The lowest BCUT2D eigenvalue weighted by atomic mass is 9.90. The quantitative estimate of drug-likeness (QED) is 0.133. The van der Waals surface area contributed by atoms with Crippen LogP contribution in [-0.4, -0.2) is 0 Å². The topological polar surface area (TPSA) is 0 Å². The minimum Gasteiger partial charge on any atom is -0.0616 e. The average molecular weight is 1390 g/mol. The first kappa shape index (κ1) is 52.5. The number of hydrogen-bond acceptors (Lipinski definition) is 0. The van der Waals surface area contributed by atoms with Gasteiger partial charge in [-0.25, -0.2) is 0 Å². The normalized spacial score (nSPS) is 14.1. The van der Waals surface area contributed by atoms with Gasteiger partial charge in [0, 0.05) is 0 Å². The monoisotopic (exact) mass is 1390 g/mol. The second-order valence-electron chi connectivity index (χ2n) is 34.3. The van der Waals surface area contributed by atoms with Crippen molar-refractivity contribution in [2.45, 2.75) is 0 Å². The van der Waals surface area contributed by atoms with Gasteiger partial charge in [0.05, 0.1) is 0 Å². The van der Waals surface area contributed by atoms with Gasteiger partial charge in [0.25, 0.3) is 0 Å². The summed E-state index contributed by atoms with van der Waals surface area (Å²) in [6.45, 7) is 0. The zero-order chi connectivity index (χ0) is 70.4. The average Bonchev–Trinajstić information content (AvgIpc) is 1.45. The summed E-state index contributed by atoms with van der Waals surface area (Å²) in [5, 5.41) is 95.0. The fourth-order valence-electron chi connectivity index (χ4n) is 27.6. The van der Waals surface area contributed by atoms with Crippen molar-refractivity contribution in [3.8, 4) is 0 Å². The van der Waals surface area contributed by atoms with Gasteiger partial charge < -0.3 is 0 Å². The van der Waals surface area contributed by atoms with Crippen molar-refractivity contribution in [1.29, 1.82) is 0 Å². The number of fused-ring (bicyclic) bond motifs is 48. The van der Waals surface area contributed by atoms with E-state index in [4.69, 9.17) is 0 Å². The van der Waals surface area contributed by atoms with Gasteiger partial charge in [-0.2, -0.15) is 0 Å². The van der Waals surface area contributed by atoms with Crippen LogP contribution in [0.2, 0.25) is 0 Å². The highest BCUT2D eigenvalue weighted by Gasteiger charge is 2.41. The van der Waals surface area contributed by atoms with E-state index >= 15 is 0 Å². The Hall–Kier alpha value is -14.6. The highest BCUT2D eigenvalue weighted by Crippen LogP contribution is 2.71. The Morgan fingerprint density at radius 2 is 0.143 bits per heavy atom. The van der Waals surface area contributed by atoms with Gasteiger partial charge in [-0.15, -0.1) is 0 Å². The minimum absolute atomic E-state index is 1.27. The van der Waals surface area contributed by atoms with Crippen molar-refractivity contribution in [2.75, 3.05) is 0 Å². The summed E-state index contributed by atoms with van der Waals surface area (Å²) in [6, 6.07) is 106. The molecule has 0 spiro atoms. The summed E-state index contributed by atoms with van der Waals surface area (Å²) < 4.78 is 0. The first-order valence-corrected chi connectivity index (χ1v) is 40.1. The van der Waals surface area contributed by atoms with Gasteiger partial charge in [0.15, 0.2) is 0 Å². The lowest BCUT2D eigenvalue weighted by Gasteiger charge is -2.12. The molecule has 0 aliphatic rings. The molecule has 0 unspecified atom stereocenters. The van der Waals surface area contributed by atoms with E-state index < -0.39 is 0 Å². The van der Waals surface area contributed by atoms with Crippen molar-refractivity contribution < 1.29 is 0 Å². The molecular weight excluding hydrogens is 1350 g/mol. The molecule has 0 saturated carbocycles. The highest BCUT2D eigenvalue weighted by atomic mass is 14.4. The fraction of sp³-hybridized carbons (Fsp3) is 0. The van der Waals surface area contributed by atoms with Crippen LogP contribution in [0.1, 0.15) is 0 Å². The largest absolute Gasteiger partial charge is 0.0616 e. The predicted molar refractivity (Wildman–Crippen MR) is 489 cm³/mol. The Bertz CT molecular complexity index is 9560. The molecule has 492 valence electrons. The molecule has 0 aliphatic carbocycles. The summed E-state index contributed by atoms with van der Waals surface area (Å²) >= 11 is 0. The summed E-state index contributed by atoms with van der Waals surface area (Å²) in [7, 11) is 0. The van der Waals surface area contributed by atoms with E-state index in [1.165, 1.54) is 366 Å². The third kappa shape index (κ3) is 4.75. The van der Waals surface area contributed by atoms with Crippen molar-refractivity contribution in [3.05, 3.63) is 267 Å². The summed E-state index contributed by atoms with van der Waals surface area (Å²) in [4.78, 5) is 0. The molecule has 35 aromatic rings. The van der Waals surface area contributed by atoms with Gasteiger partial charge in [0.2, 0.25) is 0 Å². The number of rotatable bonds is 0. The van der Waals surface area contributed by atoms with Crippen LogP contribution in [0.15, 0.2) is 267 Å². The van der Waals surface area contributed by atoms with Gasteiger partial charge in [-0.1, -0.05) is 243 Å². The van der Waals surface area contributed by atoms with Crippen LogP contribution in [0.5, 0.6) is 0 Å². The smallest absolute Gasteiger partial charge is 0.000000761 e. The van der Waals surface area contributed by atoms with Crippen LogP contribution in [0, 0.1) is 0 Å². The molecule has 35 aromatic carbocycles. The van der Waals surface area contributed by atoms with Gasteiger partial charge in [0.1, 0.15) is 0 Å². The number of hydrogen-bond donors (Lipinski definition) is 0. The molecule has 0 bridgehead atoms. The highest BCUT2D eigenvalue weighted by molar-refractivity contribution is 6.73. The molecule has 0 heterocycles. The molecule has 0 radical (unpaired) electrons. The Morgan fingerprint density at radius 3 is 0.250 bits per heavy atom. The van der Waals surface area contributed by atoms with Crippen LogP contribution in [0.4, 0.5) is 0 Å². The third-order valence-corrected chi connectivity index (χ3v) is 30.6. The fourth-order valence-corrected chi connectivity index (χ4v) is 27.6. The van der Waals surface area contributed by atoms with E-state index in [1.807, 2.05) is 0 Å². The van der Waals surface area contributed by atoms with Crippen LogP contribution in [-0.2, 0) is 0 Å². The predicted octanol–water partition coefficient (Wildman–Crippen LogP) is 32.5. The van der Waals surface area contributed by atoms with Crippen molar-refractivity contribution in [1.82, 2.24) is 0 Å². The first-order chi connectivity index (χ1) is 55.8. The molecule has 0 saturated heterocycles. The van der Waals surface area contributed by atoms with E-state index in [1.54, 1.807) is 0 Å². The molecule has 0 fully saturated rings. The maximum Gasteiger partial charge on any atom is -0.000000761 e. The Kier molecular flexibility index (Phi) is 7.55. The van der Waals surface area contributed by atoms with Crippen LogP contribution < -0.4 is 0 Å². The number of benzene rings is 22. The first-order valence-electron chi connectivity index (χ1n) is 40.1. The molecule has 112 heavy (non-hydrogen) atoms. The van der Waals surface area contributed by atoms with Crippen LogP contribution in [0.3, 0.4) is 0 Å². The van der Waals surface area contributed by atoms with Crippen molar-refractivity contribution >= 4 is 366 Å². The Labute approximate surface area is 628 Å². The SMILES string of the molecule is c1ccc2c(c1)c1cc3c(cc1c1ccccc1c1cc4c(cc21)c1c2c5ccccc5c5c6c7ccccc7c7c8c9ccccc9c9c%10c%11ccccc%11c%11c4c1c1c(c52)c(c76)c(c89)c1c%10%11)c1c2c4ccccc4c4c5c6ccccc6c6c7c8ccccc8c8c9c%10ccccc%10c%10c3c1c1c(c9%10)c(c78)c(c65)c1c42. The standard InChI is InChI=1S/C112H44/c1-2-22-46-45(21-1)65-41-69-71(91-87-63-39-19-15-35-59(63)83-79-55-31-11-7-27-51(55)74-73-49-25-5-9-29-53(49)77-81-57-33-13-17-37-61(57)85-89(69)101(91)111-107(97(81)85)103(93(73)77)104(94(74)79)108(111)99(83)87)43-67(65)47-23-3-4-24-48(47)68-44-72-70(42-66(46)68)90-86-62-38-18-14-34-58(62)82-78-54-30-10-6-26-50(54)75-76-52-28-8-12-32-56(52)80-84-60-36-16-20-40-64(60)88-92(72)102(90)112-109(98(82)86)105(95(75)78)106(96(76)80)110(112)100(84)88/h1-44H. The second-order valence-corrected chi connectivity index (χ2v) is 34.3. The molecule has 0 aromatic heterocycles. The molecule has 35 rings (SSSR count). The van der Waals surface area contributed by atoms with Crippen molar-refractivity contribution in [2.24, 2.45) is 0 Å². The summed E-state index contributed by atoms with van der Waals surface area (Å²) in [5.74, 6) is 0. The lowest BCUT2D eigenvalue weighted by Crippen LogP contribution is -1.84. The molecule has 0 atom stereocenters. The van der Waals surface area contributed by atoms with Gasteiger partial charge >= 0.3 is 0 Å². The van der Waals surface area contributed by atoms with E-state index in [-0.39, 0.29) is 0 Å². The Balaban J connectivity index is 0.802. The van der Waals surface area contributed by atoms with E-state index in [9.17, 15) is 0 Å². The van der Waals surface area contributed by atoms with Crippen LogP contribution >= 0.6 is 0 Å². The molecule has 0 N–H and O–H groups in total. The third-order valence-electron chi connectivity index (χ3n) is 30.6. The molecule has 0 amide bonds. The van der Waals surface area contributed by atoms with Gasteiger partial charge in [-0.3, -0.25) is 0 Å². The zero-order valence-corrected chi connectivity index (χ0v) is 59.4. The molecular formula is C112H44. The van der Waals surface area contributed by atoms with E-state index in [2.05, 4.69) is 267 Å². The minimum atomic E-state index is 1.27. The Morgan fingerprint density at radius 1 is 0.0625 bits per heavy atom. The maximum absolute atomic E-state index is 2.73. The van der Waals surface area contributed by atoms with Crippen LogP contribution in [0.25, 0.3) is 366 Å². The second kappa shape index (κ2) is 16.1. The van der Waals surface area contributed by atoms with E-state index in [0.717, 1.165) is 0 Å². The maximum atomic E-state index is 2.73. The van der Waals surface area contributed by atoms with Gasteiger partial charge in [-0.05, 0) is 391 Å². The summed E-state index contributed by atoms with van der Waals surface area (Å²) in [5.41, 5.74) is 0. The van der Waals surface area contributed by atoms with E-state index in [0.29, 0.717) is 0 Å². The molecule has 0 nitrogen and oxygen atoms in total. The zero-order valence-electron chi connectivity index (χ0n) is 59.4. The molecule has 0 aliphatic heterocycles. The van der Waals surface area contributed by atoms with Crippen molar-refractivity contribution in [3.63, 3.8) is 0 Å². The summed E-state index contributed by atoms with van der Waals surface area (Å²) in [6.07, 6.45) is 0. The molecule has 0 heteroatoms. The lowest BCUT2D eigenvalue weighted by molar-refractivity contribution is 1.82.